The molecule has 0 bridgehead atoms. The van der Waals surface area contributed by atoms with Gasteiger partial charge in [0.05, 0.1) is 0 Å². The molecule has 0 aliphatic rings. The molecule has 0 aliphatic carbocycles. The summed E-state index contributed by atoms with van der Waals surface area (Å²) < 4.78 is -3.90. The number of rotatable bonds is 18. The Morgan fingerprint density at radius 3 is 1.09 bits per heavy atom. The first-order valence-electron chi connectivity index (χ1n) is 18.1. The number of hydrogen-bond acceptors (Lipinski definition) is 8. The van der Waals surface area contributed by atoms with Gasteiger partial charge in [-0.1, -0.05) is 0 Å². The standard InChI is InChI=1S/2C10H15S.4C5H4N.2CHO2.Ru/c2*1-2-3-4-5-7-10-8-6-9-11-10;4*1-2-4-6-5-3-1;2*2-1-3;/h2*6,8H,2-5,7H2,1H3;4*1-4H;2*(H,2,3);. The van der Waals surface area contributed by atoms with Gasteiger partial charge in [-0.3, -0.25) is 0 Å². The molecule has 11 heteroatoms. The van der Waals surface area contributed by atoms with Crippen molar-refractivity contribution in [2.24, 2.45) is 0 Å². The number of thiophene rings is 2. The van der Waals surface area contributed by atoms with Crippen molar-refractivity contribution in [3.05, 3.63) is 132 Å². The van der Waals surface area contributed by atoms with Crippen molar-refractivity contribution >= 4 is 55.9 Å². The second kappa shape index (κ2) is 12.9. The van der Waals surface area contributed by atoms with Gasteiger partial charge in [0.25, 0.3) is 0 Å². The van der Waals surface area contributed by atoms with E-state index in [1.165, 1.54) is 47.5 Å². The van der Waals surface area contributed by atoms with Gasteiger partial charge in [-0.05, 0) is 0 Å². The van der Waals surface area contributed by atoms with E-state index in [0.717, 1.165) is 61.1 Å². The molecule has 53 heavy (non-hydrogen) atoms. The summed E-state index contributed by atoms with van der Waals surface area (Å²) in [6, 6.07) is 26.9. The Labute approximate surface area is 313 Å². The maximum atomic E-state index is 16.7. The van der Waals surface area contributed by atoms with E-state index < -0.39 is 19.2 Å². The third-order valence-electron chi connectivity index (χ3n) is 11.1. The number of nitrogens with zero attached hydrogens (tertiary/aromatic N) is 4. The van der Waals surface area contributed by atoms with Crippen LogP contribution in [0.2, 0.25) is 0 Å². The van der Waals surface area contributed by atoms with Gasteiger partial charge in [-0.15, -0.1) is 0 Å². The summed E-state index contributed by atoms with van der Waals surface area (Å²) in [6.45, 7) is 4.31. The Hall–Kier alpha value is -4.44. The number of aromatic nitrogens is 4. The fraction of sp³-hybridized carbons (Fsp3) is 0.286. The number of aryl methyl sites for hydroxylation is 2. The first-order valence-corrected chi connectivity index (χ1v) is 26.7. The van der Waals surface area contributed by atoms with Crippen LogP contribution in [0.3, 0.4) is 0 Å². The molecule has 0 amide bonds. The van der Waals surface area contributed by atoms with Gasteiger partial charge < -0.3 is 0 Å². The van der Waals surface area contributed by atoms with Gasteiger partial charge in [0, 0.05) is 0 Å². The molecular weight excluding hydrogens is 790 g/mol. The van der Waals surface area contributed by atoms with E-state index in [0.29, 0.717) is 12.8 Å². The summed E-state index contributed by atoms with van der Waals surface area (Å²) in [4.78, 5) is 55.4. The van der Waals surface area contributed by atoms with E-state index in [1.807, 2.05) is 12.1 Å². The predicted octanol–water partition coefficient (Wildman–Crippen LogP) is 7.54. The minimum absolute atomic E-state index is 0.0720. The maximum absolute atomic E-state index is 16.7. The molecule has 6 heterocycles. The molecular formula is C42H48N4O4RuS2. The molecule has 0 saturated heterocycles. The Bertz CT molecular complexity index is 2030. The van der Waals surface area contributed by atoms with E-state index in [2.05, 4.69) is 13.8 Å². The fourth-order valence-corrected chi connectivity index (χ4v) is 43.7. The molecule has 6 aromatic rings. The molecule has 6 rings (SSSR count). The number of carbonyl (C=O) groups is 2. The first kappa shape index (κ1) is 38.3. The zero-order valence-electron chi connectivity index (χ0n) is 30.3. The number of hydrogen-bond donors (Lipinski definition) is 2. The zero-order valence-corrected chi connectivity index (χ0v) is 33.7. The van der Waals surface area contributed by atoms with E-state index in [9.17, 15) is 10.2 Å². The van der Waals surface area contributed by atoms with Crippen LogP contribution in [0.5, 0.6) is 0 Å². The van der Waals surface area contributed by atoms with Crippen LogP contribution >= 0.6 is 22.7 Å². The summed E-state index contributed by atoms with van der Waals surface area (Å²) in [7, 11) is -9.77. The Morgan fingerprint density at radius 2 is 0.830 bits per heavy atom. The molecule has 0 atom stereocenters. The number of unbranched alkanes of at least 4 members (excludes halogenated alkanes) is 6. The fourth-order valence-electron chi connectivity index (χ4n) is 8.23. The van der Waals surface area contributed by atoms with Gasteiger partial charge in [0.15, 0.2) is 0 Å². The minimum atomic E-state index is -9.77. The first-order chi connectivity index (χ1) is 25.7. The SMILES string of the molecule is CCCCCCc1cc[c]([Ru]([C](=O)O)([C](=O)O)([c]2ccccn2)([c]2ccccn2)([c]2ccccn2)([c]2ccccn2)[c]2ccc(CCCCCC)s2)s1. The van der Waals surface area contributed by atoms with Gasteiger partial charge in [-0.25, -0.2) is 0 Å². The molecule has 2 N–H and O–H groups in total. The predicted molar refractivity (Wildman–Crippen MR) is 215 cm³/mol. The summed E-state index contributed by atoms with van der Waals surface area (Å²) in [5.41, 5.74) is 0. The summed E-state index contributed by atoms with van der Waals surface area (Å²) >= 11 is 2.43. The topological polar surface area (TPSA) is 126 Å². The Kier molecular flexibility index (Phi) is 9.29. The van der Waals surface area contributed by atoms with Gasteiger partial charge in [0.1, 0.15) is 0 Å². The normalized spacial score (nSPS) is 14.7. The third-order valence-corrected chi connectivity index (χ3v) is 46.3. The zero-order chi connectivity index (χ0) is 37.6. The Balaban J connectivity index is 2.13. The van der Waals surface area contributed by atoms with E-state index >= 15 is 9.59 Å². The second-order valence-corrected chi connectivity index (χ2v) is 36.1. The van der Waals surface area contributed by atoms with Crippen LogP contribution < -0.4 is 24.1 Å². The van der Waals surface area contributed by atoms with Gasteiger partial charge >= 0.3 is 315 Å². The van der Waals surface area contributed by atoms with Crippen molar-refractivity contribution < 1.29 is 29.9 Å². The molecule has 0 aromatic carbocycles. The number of pyridine rings is 4. The molecule has 0 radical (unpaired) electrons. The summed E-state index contributed by atoms with van der Waals surface area (Å²) in [5.74, 6) is 0. The van der Waals surface area contributed by atoms with Crippen LogP contribution in [0, 0.1) is 0 Å². The van der Waals surface area contributed by atoms with Crippen LogP contribution in [-0.4, -0.2) is 39.3 Å². The van der Waals surface area contributed by atoms with Gasteiger partial charge in [0.2, 0.25) is 0 Å². The molecule has 0 spiro atoms. The van der Waals surface area contributed by atoms with Crippen molar-refractivity contribution in [1.29, 1.82) is 0 Å². The van der Waals surface area contributed by atoms with Crippen LogP contribution in [0.1, 0.15) is 75.0 Å². The number of carboxylic acid groups (broad SMARTS) is 2. The van der Waals surface area contributed by atoms with E-state index in [-0.39, 0.29) is 24.1 Å². The van der Waals surface area contributed by atoms with Crippen molar-refractivity contribution in [2.75, 3.05) is 0 Å². The second-order valence-electron chi connectivity index (χ2n) is 13.5. The molecule has 6 aromatic heterocycles. The van der Waals surface area contributed by atoms with Crippen molar-refractivity contribution in [3.63, 3.8) is 0 Å². The molecule has 0 aliphatic heterocycles. The molecule has 280 valence electrons. The van der Waals surface area contributed by atoms with Crippen LogP contribution in [-0.2, 0) is 22.9 Å². The van der Waals surface area contributed by atoms with Crippen LogP contribution in [0.25, 0.3) is 0 Å². The average molecular weight is 838 g/mol. The van der Waals surface area contributed by atoms with E-state index in [4.69, 9.17) is 19.9 Å². The summed E-state index contributed by atoms with van der Waals surface area (Å²) in [5, 5.41) is 27.1. The van der Waals surface area contributed by atoms with E-state index in [1.54, 1.807) is 84.9 Å². The molecule has 0 saturated carbocycles. The van der Waals surface area contributed by atoms with Crippen molar-refractivity contribution in [2.45, 2.75) is 78.1 Å². The molecule has 8 nitrogen and oxygen atoms in total. The molecule has 0 fully saturated rings. The quantitative estimate of drug-likeness (QED) is 0.0673. The average Bonchev–Trinajstić information content (AvgIpc) is 3.91. The van der Waals surface area contributed by atoms with Crippen LogP contribution in [0.4, 0.5) is 9.59 Å². The summed E-state index contributed by atoms with van der Waals surface area (Å²) in [6.07, 6.45) is 15.2. The molecule has 0 unspecified atom stereocenters. The monoisotopic (exact) mass is 838 g/mol. The Morgan fingerprint density at radius 1 is 0.491 bits per heavy atom. The van der Waals surface area contributed by atoms with Gasteiger partial charge in [-0.2, -0.15) is 0 Å². The van der Waals surface area contributed by atoms with Crippen LogP contribution in [0.15, 0.2) is 122 Å². The third kappa shape index (κ3) is 3.43. The van der Waals surface area contributed by atoms with Crippen molar-refractivity contribution in [3.8, 4) is 0 Å². The van der Waals surface area contributed by atoms with Crippen molar-refractivity contribution in [1.82, 2.24) is 19.9 Å².